The van der Waals surface area contributed by atoms with Gasteiger partial charge >= 0.3 is 0 Å². The van der Waals surface area contributed by atoms with Crippen molar-refractivity contribution in [1.82, 2.24) is 20.1 Å². The topological polar surface area (TPSA) is 133 Å². The van der Waals surface area contributed by atoms with Crippen LogP contribution in [0.4, 0.5) is 11.6 Å². The molecule has 4 fully saturated rings. The third kappa shape index (κ3) is 4.35. The molecule has 12 heteroatoms. The van der Waals surface area contributed by atoms with Gasteiger partial charge in [0.15, 0.2) is 11.6 Å². The summed E-state index contributed by atoms with van der Waals surface area (Å²) in [5.41, 5.74) is 0. The molecule has 6 rings (SSSR count). The monoisotopic (exact) mass is 524 g/mol. The van der Waals surface area contributed by atoms with Crippen molar-refractivity contribution in [3.8, 4) is 0 Å². The number of aromatic nitrogens is 2. The predicted molar refractivity (Wildman–Crippen MR) is 133 cm³/mol. The summed E-state index contributed by atoms with van der Waals surface area (Å²) in [5, 5.41) is 7.70. The Morgan fingerprint density at radius 3 is 1.34 bits per heavy atom. The molecule has 4 aliphatic heterocycles. The summed E-state index contributed by atoms with van der Waals surface area (Å²) in [7, 11) is 0. The second-order valence-electron chi connectivity index (χ2n) is 10.9. The fraction of sp³-hybridized carbons (Fsp3) is 0.615. The average molecular weight is 525 g/mol. The lowest BCUT2D eigenvalue weighted by molar-refractivity contribution is -0.125. The minimum Gasteiger partial charge on any atom is -0.360 e. The molecular weight excluding hydrogens is 492 g/mol. The summed E-state index contributed by atoms with van der Waals surface area (Å²) in [4.78, 5) is 57.8. The van der Waals surface area contributed by atoms with E-state index < -0.39 is 12.1 Å². The summed E-state index contributed by atoms with van der Waals surface area (Å²) in [6.45, 7) is 6.58. The standard InChI is InChI=1S/C26H32N6O6/c1-15-11-21(27-37-15)31-23(33)13-19(25(31)35)29-7-3-17(4-8-29)18-5-9-30(10-6-18)20-14-24(34)32(26(20)36)22-12-16(2)38-28-22/h11-12,17-20H,3-10,13-14H2,1-2H3/t19-,20+. The second kappa shape index (κ2) is 9.73. The number of hydrogen-bond acceptors (Lipinski definition) is 10. The number of nitrogens with zero attached hydrogens (tertiary/aromatic N) is 6. The quantitative estimate of drug-likeness (QED) is 0.532. The number of rotatable bonds is 5. The molecule has 2 atom stereocenters. The Labute approximate surface area is 219 Å². The van der Waals surface area contributed by atoms with Crippen molar-refractivity contribution < 1.29 is 28.2 Å². The molecule has 0 unspecified atom stereocenters. The third-order valence-corrected chi connectivity index (χ3v) is 8.63. The maximum Gasteiger partial charge on any atom is 0.252 e. The van der Waals surface area contributed by atoms with E-state index in [-0.39, 0.29) is 48.1 Å². The maximum absolute atomic E-state index is 13.0. The molecule has 2 aromatic rings. The zero-order valence-electron chi connectivity index (χ0n) is 21.7. The van der Waals surface area contributed by atoms with Crippen LogP contribution in [-0.2, 0) is 19.2 Å². The Hall–Kier alpha value is -3.38. The van der Waals surface area contributed by atoms with Gasteiger partial charge in [-0.15, -0.1) is 0 Å². The number of carbonyl (C=O) groups is 4. The van der Waals surface area contributed by atoms with E-state index in [2.05, 4.69) is 20.1 Å². The fourth-order valence-corrected chi connectivity index (χ4v) is 6.61. The van der Waals surface area contributed by atoms with Gasteiger partial charge in [-0.05, 0) is 77.5 Å². The molecule has 0 aliphatic carbocycles. The number of anilines is 2. The first-order chi connectivity index (χ1) is 18.3. The number of likely N-dealkylation sites (tertiary alicyclic amines) is 2. The second-order valence-corrected chi connectivity index (χ2v) is 10.9. The van der Waals surface area contributed by atoms with E-state index in [1.165, 1.54) is 0 Å². The van der Waals surface area contributed by atoms with Crippen molar-refractivity contribution in [2.45, 2.75) is 64.5 Å². The first kappa shape index (κ1) is 24.9. The number of piperidine rings is 2. The largest absolute Gasteiger partial charge is 0.360 e. The number of carbonyl (C=O) groups excluding carboxylic acids is 4. The molecule has 0 spiro atoms. The smallest absolute Gasteiger partial charge is 0.252 e. The molecule has 12 nitrogen and oxygen atoms in total. The summed E-state index contributed by atoms with van der Waals surface area (Å²) in [5.74, 6) is 1.83. The average Bonchev–Trinajstić information content (AvgIpc) is 3.66. The first-order valence-corrected chi connectivity index (χ1v) is 13.4. The number of hydrogen-bond donors (Lipinski definition) is 0. The molecular formula is C26H32N6O6. The highest BCUT2D eigenvalue weighted by atomic mass is 16.5. The molecule has 4 aliphatic rings. The van der Waals surface area contributed by atoms with Crippen LogP contribution in [0, 0.1) is 25.7 Å². The maximum atomic E-state index is 13.0. The Kier molecular flexibility index (Phi) is 6.39. The summed E-state index contributed by atoms with van der Waals surface area (Å²) < 4.78 is 10.1. The van der Waals surface area contributed by atoms with Crippen LogP contribution in [0.3, 0.4) is 0 Å². The molecule has 0 aromatic carbocycles. The lowest BCUT2D eigenvalue weighted by atomic mass is 9.78. The van der Waals surface area contributed by atoms with Crippen LogP contribution in [-0.4, -0.2) is 82.0 Å². The molecule has 38 heavy (non-hydrogen) atoms. The van der Waals surface area contributed by atoms with Crippen LogP contribution in [0.25, 0.3) is 0 Å². The van der Waals surface area contributed by atoms with E-state index in [4.69, 9.17) is 9.05 Å². The van der Waals surface area contributed by atoms with E-state index in [1.54, 1.807) is 26.0 Å². The zero-order valence-corrected chi connectivity index (χ0v) is 21.7. The first-order valence-electron chi connectivity index (χ1n) is 13.4. The van der Waals surface area contributed by atoms with Crippen LogP contribution in [0.5, 0.6) is 0 Å². The number of amides is 4. The van der Waals surface area contributed by atoms with Gasteiger partial charge in [0.25, 0.3) is 11.8 Å². The fourth-order valence-electron chi connectivity index (χ4n) is 6.61. The van der Waals surface area contributed by atoms with E-state index in [9.17, 15) is 19.2 Å². The predicted octanol–water partition coefficient (Wildman–Crippen LogP) is 1.67. The zero-order chi connectivity index (χ0) is 26.6. The summed E-state index contributed by atoms with van der Waals surface area (Å²) >= 11 is 0. The molecule has 4 amide bonds. The lowest BCUT2D eigenvalue weighted by Crippen LogP contribution is -2.49. The van der Waals surface area contributed by atoms with Crippen molar-refractivity contribution in [2.75, 3.05) is 36.0 Å². The normalized spacial score (nSPS) is 26.9. The Morgan fingerprint density at radius 2 is 1.03 bits per heavy atom. The van der Waals surface area contributed by atoms with E-state index in [0.717, 1.165) is 61.7 Å². The van der Waals surface area contributed by atoms with Crippen LogP contribution in [0.1, 0.15) is 50.0 Å². The van der Waals surface area contributed by atoms with Gasteiger partial charge < -0.3 is 9.05 Å². The van der Waals surface area contributed by atoms with Gasteiger partial charge in [-0.1, -0.05) is 10.3 Å². The van der Waals surface area contributed by atoms with Gasteiger partial charge in [0.1, 0.15) is 11.5 Å². The van der Waals surface area contributed by atoms with Crippen LogP contribution < -0.4 is 9.80 Å². The number of imide groups is 2. The van der Waals surface area contributed by atoms with E-state index in [0.29, 0.717) is 23.4 Å². The van der Waals surface area contributed by atoms with E-state index >= 15 is 0 Å². The van der Waals surface area contributed by atoms with Gasteiger partial charge in [0.05, 0.1) is 24.9 Å². The van der Waals surface area contributed by atoms with Crippen molar-refractivity contribution in [1.29, 1.82) is 0 Å². The van der Waals surface area contributed by atoms with Crippen LogP contribution >= 0.6 is 0 Å². The summed E-state index contributed by atoms with van der Waals surface area (Å²) in [6, 6.07) is 2.34. The van der Waals surface area contributed by atoms with Gasteiger partial charge in [0, 0.05) is 12.1 Å². The van der Waals surface area contributed by atoms with Gasteiger partial charge in [-0.25, -0.2) is 9.80 Å². The Balaban J connectivity index is 1.00. The molecule has 0 saturated carbocycles. The molecule has 0 bridgehead atoms. The van der Waals surface area contributed by atoms with Gasteiger partial charge in [0.2, 0.25) is 11.8 Å². The summed E-state index contributed by atoms with van der Waals surface area (Å²) in [6.07, 6.45) is 4.26. The van der Waals surface area contributed by atoms with Crippen molar-refractivity contribution in [2.24, 2.45) is 11.8 Å². The molecule has 0 radical (unpaired) electrons. The highest BCUT2D eigenvalue weighted by Gasteiger charge is 2.47. The number of aryl methyl sites for hydroxylation is 2. The molecule has 0 N–H and O–H groups in total. The Bertz CT molecular complexity index is 1160. The molecule has 202 valence electrons. The minimum absolute atomic E-state index is 0.173. The van der Waals surface area contributed by atoms with Crippen molar-refractivity contribution >= 4 is 35.3 Å². The van der Waals surface area contributed by atoms with E-state index in [1.807, 2.05) is 0 Å². The van der Waals surface area contributed by atoms with Crippen LogP contribution in [0.15, 0.2) is 21.2 Å². The third-order valence-electron chi connectivity index (χ3n) is 8.63. The van der Waals surface area contributed by atoms with Gasteiger partial charge in [-0.3, -0.25) is 29.0 Å². The molecule has 4 saturated heterocycles. The molecule has 6 heterocycles. The van der Waals surface area contributed by atoms with Crippen LogP contribution in [0.2, 0.25) is 0 Å². The van der Waals surface area contributed by atoms with Crippen molar-refractivity contribution in [3.05, 3.63) is 23.7 Å². The Morgan fingerprint density at radius 1 is 0.658 bits per heavy atom. The minimum atomic E-state index is -0.440. The van der Waals surface area contributed by atoms with Crippen molar-refractivity contribution in [3.63, 3.8) is 0 Å². The highest BCUT2D eigenvalue weighted by Crippen LogP contribution is 2.36. The lowest BCUT2D eigenvalue weighted by Gasteiger charge is -2.42. The SMILES string of the molecule is Cc1cc(N2C(=O)C[C@@H](N3CCC(C4CCN([C@H]5CC(=O)N(c6cc(C)on6)C5=O)CC4)CC3)C2=O)no1. The molecule has 2 aromatic heterocycles. The highest BCUT2D eigenvalue weighted by molar-refractivity contribution is 6.22. The van der Waals surface area contributed by atoms with Gasteiger partial charge in [-0.2, -0.15) is 0 Å².